The number of nitrogens with zero attached hydrogens (tertiary/aromatic N) is 1. The number of benzene rings is 2. The van der Waals surface area contributed by atoms with E-state index in [-0.39, 0.29) is 11.7 Å². The topological polar surface area (TPSA) is 45.3 Å². The second-order valence-corrected chi connectivity index (χ2v) is 6.65. The van der Waals surface area contributed by atoms with Crippen LogP contribution in [0.15, 0.2) is 42.5 Å². The molecule has 0 unspecified atom stereocenters. The molecule has 0 fully saturated rings. The van der Waals surface area contributed by atoms with Crippen molar-refractivity contribution in [2.45, 2.75) is 25.8 Å². The van der Waals surface area contributed by atoms with Gasteiger partial charge in [-0.3, -0.25) is 4.79 Å². The normalized spacial score (nSPS) is 13.7. The van der Waals surface area contributed by atoms with Gasteiger partial charge in [-0.1, -0.05) is 18.2 Å². The molecule has 1 amide bonds. The van der Waals surface area contributed by atoms with Gasteiger partial charge in [0.1, 0.15) is 11.6 Å². The number of hydrogen-bond acceptors (Lipinski definition) is 2. The molecule has 0 saturated carbocycles. The summed E-state index contributed by atoms with van der Waals surface area (Å²) in [6.45, 7) is 1.22. The number of carbonyl (C=O) groups is 1. The van der Waals surface area contributed by atoms with Crippen LogP contribution < -0.4 is 4.74 Å². The molecular weight excluding hydrogens is 331 g/mol. The lowest BCUT2D eigenvalue weighted by Gasteiger charge is -2.27. The molecule has 1 aromatic heterocycles. The summed E-state index contributed by atoms with van der Waals surface area (Å²) in [6.07, 6.45) is 1.85. The lowest BCUT2D eigenvalue weighted by Crippen LogP contribution is -2.35. The number of aryl methyl sites for hydroxylation is 1. The quantitative estimate of drug-likeness (QED) is 0.776. The summed E-state index contributed by atoms with van der Waals surface area (Å²) in [6, 6.07) is 12.5. The van der Waals surface area contributed by atoms with E-state index < -0.39 is 0 Å². The average Bonchev–Trinajstić information content (AvgIpc) is 3.03. The van der Waals surface area contributed by atoms with Crippen LogP contribution in [0.25, 0.3) is 10.9 Å². The summed E-state index contributed by atoms with van der Waals surface area (Å²) >= 11 is 0. The summed E-state index contributed by atoms with van der Waals surface area (Å²) in [7, 11) is 1.64. The van der Waals surface area contributed by atoms with E-state index in [1.807, 2.05) is 29.2 Å². The molecular formula is C21H21FN2O2. The van der Waals surface area contributed by atoms with Gasteiger partial charge >= 0.3 is 0 Å². The van der Waals surface area contributed by atoms with Crippen molar-refractivity contribution in [2.24, 2.45) is 0 Å². The molecule has 134 valence electrons. The van der Waals surface area contributed by atoms with Crippen LogP contribution in [0.5, 0.6) is 5.75 Å². The monoisotopic (exact) mass is 352 g/mol. The maximum atomic E-state index is 13.6. The van der Waals surface area contributed by atoms with Gasteiger partial charge in [0.2, 0.25) is 5.91 Å². The minimum absolute atomic E-state index is 0.118. The summed E-state index contributed by atoms with van der Waals surface area (Å²) in [5.41, 5.74) is 4.12. The molecule has 0 radical (unpaired) electrons. The van der Waals surface area contributed by atoms with Crippen molar-refractivity contribution in [2.75, 3.05) is 13.7 Å². The zero-order valence-electron chi connectivity index (χ0n) is 14.7. The molecule has 1 N–H and O–H groups in total. The number of halogens is 1. The minimum atomic E-state index is -0.251. The fourth-order valence-corrected chi connectivity index (χ4v) is 3.71. The molecule has 0 atom stereocenters. The number of rotatable bonds is 4. The lowest BCUT2D eigenvalue weighted by atomic mass is 10.0. The van der Waals surface area contributed by atoms with Crippen LogP contribution in [0.1, 0.15) is 23.2 Å². The van der Waals surface area contributed by atoms with Crippen molar-refractivity contribution >= 4 is 16.8 Å². The Bertz CT molecular complexity index is 964. The SMILES string of the molecule is COc1ccccc1CCC(=O)N1CCc2[nH]c3ccc(F)cc3c2C1. The summed E-state index contributed by atoms with van der Waals surface area (Å²) in [5.74, 6) is 0.680. The van der Waals surface area contributed by atoms with Gasteiger partial charge in [-0.15, -0.1) is 0 Å². The van der Waals surface area contributed by atoms with E-state index in [9.17, 15) is 9.18 Å². The first-order valence-electron chi connectivity index (χ1n) is 8.84. The smallest absolute Gasteiger partial charge is 0.223 e. The number of hydrogen-bond donors (Lipinski definition) is 1. The number of amides is 1. The number of aromatic nitrogens is 1. The van der Waals surface area contributed by atoms with Crippen LogP contribution in [0.2, 0.25) is 0 Å². The third-order valence-corrected chi connectivity index (χ3v) is 5.09. The Morgan fingerprint density at radius 2 is 2.12 bits per heavy atom. The largest absolute Gasteiger partial charge is 0.496 e. The standard InChI is InChI=1S/C21H21FN2O2/c1-26-20-5-3-2-4-14(20)6-9-21(25)24-11-10-19-17(13-24)16-12-15(22)7-8-18(16)23-19/h2-5,7-8,12,23H,6,9-11,13H2,1H3. The van der Waals surface area contributed by atoms with Crippen LogP contribution in [-0.4, -0.2) is 29.4 Å². The fraction of sp³-hybridized carbons (Fsp3) is 0.286. The van der Waals surface area contributed by atoms with Crippen molar-refractivity contribution < 1.29 is 13.9 Å². The Hall–Kier alpha value is -2.82. The Balaban J connectivity index is 1.49. The van der Waals surface area contributed by atoms with Gasteiger partial charge in [0.05, 0.1) is 7.11 Å². The summed E-state index contributed by atoms with van der Waals surface area (Å²) in [5, 5.41) is 0.877. The van der Waals surface area contributed by atoms with Gasteiger partial charge in [0, 0.05) is 48.1 Å². The molecule has 4 rings (SSSR count). The number of fused-ring (bicyclic) bond motifs is 3. The van der Waals surface area contributed by atoms with E-state index in [4.69, 9.17) is 4.74 Å². The maximum Gasteiger partial charge on any atom is 0.223 e. The highest BCUT2D eigenvalue weighted by Gasteiger charge is 2.24. The number of carbonyl (C=O) groups excluding carboxylic acids is 1. The molecule has 2 heterocycles. The second-order valence-electron chi connectivity index (χ2n) is 6.65. The van der Waals surface area contributed by atoms with Crippen molar-refractivity contribution in [3.8, 4) is 5.75 Å². The van der Waals surface area contributed by atoms with E-state index in [1.165, 1.54) is 6.07 Å². The molecule has 2 aromatic carbocycles. The molecule has 0 aliphatic carbocycles. The van der Waals surface area contributed by atoms with Crippen molar-refractivity contribution in [1.29, 1.82) is 0 Å². The molecule has 3 aromatic rings. The highest BCUT2D eigenvalue weighted by molar-refractivity contribution is 5.86. The van der Waals surface area contributed by atoms with E-state index >= 15 is 0 Å². The van der Waals surface area contributed by atoms with Crippen LogP contribution in [0.4, 0.5) is 4.39 Å². The molecule has 0 spiro atoms. The van der Waals surface area contributed by atoms with Gasteiger partial charge < -0.3 is 14.6 Å². The molecule has 5 heteroatoms. The van der Waals surface area contributed by atoms with E-state index in [2.05, 4.69) is 4.98 Å². The second kappa shape index (κ2) is 6.83. The Labute approximate surface area is 151 Å². The van der Waals surface area contributed by atoms with Crippen molar-refractivity contribution in [1.82, 2.24) is 9.88 Å². The van der Waals surface area contributed by atoms with Gasteiger partial charge in [-0.05, 0) is 36.2 Å². The molecule has 1 aliphatic heterocycles. The highest BCUT2D eigenvalue weighted by Crippen LogP contribution is 2.29. The van der Waals surface area contributed by atoms with Crippen LogP contribution in [-0.2, 0) is 24.2 Å². The van der Waals surface area contributed by atoms with E-state index in [1.54, 1.807) is 19.2 Å². The molecule has 4 nitrogen and oxygen atoms in total. The first kappa shape index (κ1) is 16.6. The third kappa shape index (κ3) is 3.05. The molecule has 1 aliphatic rings. The number of aromatic amines is 1. The lowest BCUT2D eigenvalue weighted by molar-refractivity contribution is -0.132. The predicted molar refractivity (Wildman–Crippen MR) is 98.7 cm³/mol. The summed E-state index contributed by atoms with van der Waals surface area (Å²) in [4.78, 5) is 17.9. The van der Waals surface area contributed by atoms with Crippen LogP contribution in [0.3, 0.4) is 0 Å². The number of nitrogens with one attached hydrogen (secondary N) is 1. The first-order valence-corrected chi connectivity index (χ1v) is 8.84. The van der Waals surface area contributed by atoms with Gasteiger partial charge in [-0.2, -0.15) is 0 Å². The number of H-pyrrole nitrogens is 1. The Morgan fingerprint density at radius 3 is 2.96 bits per heavy atom. The Kier molecular flexibility index (Phi) is 4.37. The van der Waals surface area contributed by atoms with Gasteiger partial charge in [-0.25, -0.2) is 4.39 Å². The molecule has 26 heavy (non-hydrogen) atoms. The molecule has 0 bridgehead atoms. The fourth-order valence-electron chi connectivity index (χ4n) is 3.71. The predicted octanol–water partition coefficient (Wildman–Crippen LogP) is 3.83. The van der Waals surface area contributed by atoms with E-state index in [0.29, 0.717) is 25.9 Å². The number of para-hydroxylation sites is 1. The van der Waals surface area contributed by atoms with Gasteiger partial charge in [0.15, 0.2) is 0 Å². The number of ether oxygens (including phenoxy) is 1. The molecule has 0 saturated heterocycles. The average molecular weight is 352 g/mol. The zero-order valence-corrected chi connectivity index (χ0v) is 14.7. The van der Waals surface area contributed by atoms with Crippen molar-refractivity contribution in [3.63, 3.8) is 0 Å². The maximum absolute atomic E-state index is 13.6. The van der Waals surface area contributed by atoms with Crippen LogP contribution >= 0.6 is 0 Å². The minimum Gasteiger partial charge on any atom is -0.496 e. The number of methoxy groups -OCH3 is 1. The van der Waals surface area contributed by atoms with Gasteiger partial charge in [0.25, 0.3) is 0 Å². The van der Waals surface area contributed by atoms with Crippen LogP contribution in [0, 0.1) is 5.82 Å². The first-order chi connectivity index (χ1) is 12.7. The zero-order chi connectivity index (χ0) is 18.1. The summed E-state index contributed by atoms with van der Waals surface area (Å²) < 4.78 is 19.0. The van der Waals surface area contributed by atoms with Crippen molar-refractivity contribution in [3.05, 3.63) is 65.1 Å². The Morgan fingerprint density at radius 1 is 1.27 bits per heavy atom. The third-order valence-electron chi connectivity index (χ3n) is 5.09. The van der Waals surface area contributed by atoms with E-state index in [0.717, 1.165) is 39.9 Å². The highest BCUT2D eigenvalue weighted by atomic mass is 19.1.